The van der Waals surface area contributed by atoms with E-state index in [-0.39, 0.29) is 5.82 Å². The van der Waals surface area contributed by atoms with Crippen molar-refractivity contribution in [2.24, 2.45) is 0 Å². The lowest BCUT2D eigenvalue weighted by atomic mass is 9.98. The van der Waals surface area contributed by atoms with Crippen LogP contribution in [0.25, 0.3) is 51.6 Å². The first-order valence-electron chi connectivity index (χ1n) is 14.6. The Morgan fingerprint density at radius 2 is 1.95 bits per heavy atom. The van der Waals surface area contributed by atoms with Crippen molar-refractivity contribution >= 4 is 34.8 Å². The Hall–Kier alpha value is -4.75. The van der Waals surface area contributed by atoms with Gasteiger partial charge in [0.1, 0.15) is 11.5 Å². The fraction of sp³-hybridized carbons (Fsp3) is 0.222. The number of rotatable bonds is 11. The molecule has 0 fully saturated rings. The highest BCUT2D eigenvalue weighted by Crippen LogP contribution is 2.32. The Bertz CT molecular complexity index is 1910. The molecular weight excluding hydrogens is 535 g/mol. The molecule has 3 N–H and O–H groups in total. The maximum absolute atomic E-state index is 14.7. The number of pyridine rings is 1. The van der Waals surface area contributed by atoms with E-state index in [9.17, 15) is 4.39 Å². The molecule has 0 amide bonds. The molecule has 3 heterocycles. The van der Waals surface area contributed by atoms with Crippen molar-refractivity contribution in [1.29, 1.82) is 0 Å². The van der Waals surface area contributed by atoms with E-state index in [1.807, 2.05) is 43.5 Å². The number of fused-ring (bicyclic) bond motifs is 1. The van der Waals surface area contributed by atoms with E-state index in [1.54, 1.807) is 18.3 Å². The van der Waals surface area contributed by atoms with E-state index in [0.29, 0.717) is 0 Å². The van der Waals surface area contributed by atoms with E-state index >= 15 is 0 Å². The predicted molar refractivity (Wildman–Crippen MR) is 178 cm³/mol. The molecule has 0 unspecified atom stereocenters. The molecule has 2 aromatic carbocycles. The SMILES string of the molecule is C=C(CC)Nc1cncc(/C(C)=C/C=c2/[nH]nc(-c3cc4c(-c5cc(F)cc(CCCN(C)C)c5)cccc4[nH]3)c2=C)c1. The van der Waals surface area contributed by atoms with Gasteiger partial charge in [0.25, 0.3) is 0 Å². The smallest absolute Gasteiger partial charge is 0.124 e. The van der Waals surface area contributed by atoms with E-state index in [2.05, 4.69) is 82.8 Å². The summed E-state index contributed by atoms with van der Waals surface area (Å²) in [5.41, 5.74) is 9.34. The lowest BCUT2D eigenvalue weighted by Crippen LogP contribution is -2.21. The van der Waals surface area contributed by atoms with E-state index in [1.165, 1.54) is 0 Å². The average molecular weight is 575 g/mol. The van der Waals surface area contributed by atoms with Crippen LogP contribution in [-0.2, 0) is 6.42 Å². The number of anilines is 1. The lowest BCUT2D eigenvalue weighted by molar-refractivity contribution is 0.400. The zero-order valence-corrected chi connectivity index (χ0v) is 25.4. The number of H-pyrrole nitrogens is 2. The van der Waals surface area contributed by atoms with Crippen LogP contribution in [0.1, 0.15) is 37.8 Å². The maximum Gasteiger partial charge on any atom is 0.124 e. The number of halogens is 1. The summed E-state index contributed by atoms with van der Waals surface area (Å²) in [6.45, 7) is 13.4. The summed E-state index contributed by atoms with van der Waals surface area (Å²) in [6.07, 6.45) is 10.3. The Labute approximate surface area is 252 Å². The molecule has 0 aliphatic heterocycles. The summed E-state index contributed by atoms with van der Waals surface area (Å²) in [5.74, 6) is -0.217. The highest BCUT2D eigenvalue weighted by molar-refractivity contribution is 5.98. The van der Waals surface area contributed by atoms with Crippen molar-refractivity contribution in [2.75, 3.05) is 26.0 Å². The van der Waals surface area contributed by atoms with Crippen LogP contribution in [0.5, 0.6) is 0 Å². The summed E-state index contributed by atoms with van der Waals surface area (Å²) >= 11 is 0. The molecule has 0 saturated heterocycles. The molecule has 43 heavy (non-hydrogen) atoms. The predicted octanol–water partition coefficient (Wildman–Crippen LogP) is 6.88. The summed E-state index contributed by atoms with van der Waals surface area (Å²) in [4.78, 5) is 10.0. The lowest BCUT2D eigenvalue weighted by Gasteiger charge is -2.11. The van der Waals surface area contributed by atoms with Gasteiger partial charge in [-0.3, -0.25) is 10.1 Å². The monoisotopic (exact) mass is 574 g/mol. The fourth-order valence-electron chi connectivity index (χ4n) is 5.14. The summed E-state index contributed by atoms with van der Waals surface area (Å²) in [6, 6.07) is 15.6. The first-order chi connectivity index (χ1) is 20.7. The second-order valence-corrected chi connectivity index (χ2v) is 11.2. The van der Waals surface area contributed by atoms with Crippen molar-refractivity contribution in [3.8, 4) is 22.5 Å². The maximum atomic E-state index is 14.7. The van der Waals surface area contributed by atoms with Crippen LogP contribution in [0.4, 0.5) is 10.1 Å². The van der Waals surface area contributed by atoms with Gasteiger partial charge in [-0.2, -0.15) is 5.10 Å². The van der Waals surface area contributed by atoms with E-state index in [4.69, 9.17) is 0 Å². The number of benzene rings is 2. The minimum absolute atomic E-state index is 0.217. The number of hydrogen-bond donors (Lipinski definition) is 3. The molecular formula is C36H39FN6. The molecule has 0 saturated carbocycles. The minimum Gasteiger partial charge on any atom is -0.358 e. The third-order valence-electron chi connectivity index (χ3n) is 7.60. The quantitative estimate of drug-likeness (QED) is 0.161. The summed E-state index contributed by atoms with van der Waals surface area (Å²) < 4.78 is 14.7. The van der Waals surface area contributed by atoms with Crippen molar-refractivity contribution in [3.05, 3.63) is 107 Å². The third-order valence-corrected chi connectivity index (χ3v) is 7.60. The third kappa shape index (κ3) is 7.01. The van der Waals surface area contributed by atoms with Crippen LogP contribution in [0.15, 0.2) is 79.3 Å². The molecule has 0 aliphatic carbocycles. The summed E-state index contributed by atoms with van der Waals surface area (Å²) in [5, 5.41) is 13.6. The molecule has 0 bridgehead atoms. The van der Waals surface area contributed by atoms with Gasteiger partial charge in [0.15, 0.2) is 0 Å². The topological polar surface area (TPSA) is 72.6 Å². The number of nitrogens with zero attached hydrogens (tertiary/aromatic N) is 3. The fourth-order valence-corrected chi connectivity index (χ4v) is 5.14. The standard InChI is InChI=1S/C36H39FN6/c1-7-24(3)39-30-19-28(21-38-22-30)23(2)13-14-33-25(4)36(42-41-33)35-20-32-31(11-8-12-34(32)40-35)27-16-26(17-29(37)18-27)10-9-15-43(5)6/h8,11-14,16-22,39-41H,3-4,7,9-10,15H2,1-2,5-6H3/b23-13+,33-14+. The number of allylic oxidation sites excluding steroid dienone is 3. The van der Waals surface area contributed by atoms with Crippen LogP contribution in [0, 0.1) is 5.82 Å². The molecule has 0 atom stereocenters. The molecule has 5 rings (SSSR count). The highest BCUT2D eigenvalue weighted by Gasteiger charge is 2.13. The molecule has 220 valence electrons. The van der Waals surface area contributed by atoms with Crippen molar-refractivity contribution < 1.29 is 4.39 Å². The van der Waals surface area contributed by atoms with Gasteiger partial charge in [-0.05, 0) is 111 Å². The minimum atomic E-state index is -0.217. The first kappa shape index (κ1) is 29.7. The van der Waals surface area contributed by atoms with E-state index in [0.717, 1.165) is 97.9 Å². The van der Waals surface area contributed by atoms with Gasteiger partial charge in [0.05, 0.1) is 22.9 Å². The zero-order chi connectivity index (χ0) is 30.5. The average Bonchev–Trinajstić information content (AvgIpc) is 3.58. The Kier molecular flexibility index (Phi) is 9.02. The molecule has 0 radical (unpaired) electrons. The Morgan fingerprint density at radius 1 is 1.12 bits per heavy atom. The summed E-state index contributed by atoms with van der Waals surface area (Å²) in [7, 11) is 4.11. The molecule has 3 aromatic heterocycles. The van der Waals surface area contributed by atoms with Gasteiger partial charge in [0.2, 0.25) is 0 Å². The molecule has 5 aromatic rings. The van der Waals surface area contributed by atoms with Gasteiger partial charge in [-0.15, -0.1) is 0 Å². The molecule has 0 aliphatic rings. The van der Waals surface area contributed by atoms with Gasteiger partial charge >= 0.3 is 0 Å². The largest absolute Gasteiger partial charge is 0.358 e. The molecule has 7 heteroatoms. The Morgan fingerprint density at radius 3 is 2.74 bits per heavy atom. The van der Waals surface area contributed by atoms with Crippen LogP contribution < -0.4 is 15.9 Å². The van der Waals surface area contributed by atoms with Crippen molar-refractivity contribution in [2.45, 2.75) is 33.1 Å². The van der Waals surface area contributed by atoms with Gasteiger partial charge in [-0.25, -0.2) is 4.39 Å². The van der Waals surface area contributed by atoms with Crippen LogP contribution >= 0.6 is 0 Å². The van der Waals surface area contributed by atoms with E-state index < -0.39 is 0 Å². The van der Waals surface area contributed by atoms with Crippen LogP contribution in [-0.4, -0.2) is 45.7 Å². The van der Waals surface area contributed by atoms with Crippen LogP contribution in [0.3, 0.4) is 0 Å². The second-order valence-electron chi connectivity index (χ2n) is 11.2. The number of aromatic amines is 2. The Balaban J connectivity index is 1.44. The number of nitrogens with one attached hydrogen (secondary N) is 3. The van der Waals surface area contributed by atoms with Crippen LogP contribution in [0.2, 0.25) is 0 Å². The zero-order valence-electron chi connectivity index (χ0n) is 25.4. The highest BCUT2D eigenvalue weighted by atomic mass is 19.1. The normalized spacial score (nSPS) is 12.4. The number of hydrogen-bond acceptors (Lipinski definition) is 4. The number of aromatic nitrogens is 4. The molecule has 6 nitrogen and oxygen atoms in total. The second kappa shape index (κ2) is 13.0. The molecule has 0 spiro atoms. The van der Waals surface area contributed by atoms with Gasteiger partial charge < -0.3 is 15.2 Å². The first-order valence-corrected chi connectivity index (χ1v) is 14.6. The van der Waals surface area contributed by atoms with Gasteiger partial charge in [-0.1, -0.05) is 44.4 Å². The number of aryl methyl sites for hydroxylation is 1. The van der Waals surface area contributed by atoms with Crippen molar-refractivity contribution in [1.82, 2.24) is 25.1 Å². The van der Waals surface area contributed by atoms with Gasteiger partial charge in [0, 0.05) is 28.0 Å². The van der Waals surface area contributed by atoms with Crippen molar-refractivity contribution in [3.63, 3.8) is 0 Å².